The lowest BCUT2D eigenvalue weighted by molar-refractivity contribution is -0.136. The molecular formula is C45H60N4O2. The molecule has 0 aliphatic carbocycles. The molecule has 1 unspecified atom stereocenters. The topological polar surface area (TPSA) is 77.3 Å². The predicted molar refractivity (Wildman–Crippen MR) is 216 cm³/mol. The van der Waals surface area contributed by atoms with Crippen LogP contribution in [0.25, 0.3) is 10.9 Å². The lowest BCUT2D eigenvalue weighted by Crippen LogP contribution is -2.50. The maximum absolute atomic E-state index is 13.0. The molecule has 1 heterocycles. The van der Waals surface area contributed by atoms with Crippen LogP contribution in [0.5, 0.6) is 0 Å². The maximum Gasteiger partial charge on any atom is 0.237 e. The van der Waals surface area contributed by atoms with Crippen molar-refractivity contribution in [2.24, 2.45) is 0 Å². The lowest BCUT2D eigenvalue weighted by Gasteiger charge is -2.38. The molecule has 0 aliphatic heterocycles. The number of fused-ring (bicyclic) bond motifs is 1. The van der Waals surface area contributed by atoms with Crippen molar-refractivity contribution in [3.8, 4) is 6.07 Å². The first kappa shape index (κ1) is 44.2. The first-order valence-corrected chi connectivity index (χ1v) is 17.9. The summed E-state index contributed by atoms with van der Waals surface area (Å²) >= 11 is 0. The van der Waals surface area contributed by atoms with Crippen LogP contribution < -0.4 is 0 Å². The molecule has 1 aromatic heterocycles. The number of likely N-dealkylation sites (N-methyl/N-ethyl adjacent to an activating group) is 1. The number of benzene rings is 3. The summed E-state index contributed by atoms with van der Waals surface area (Å²) in [6.07, 6.45) is 7.43. The highest BCUT2D eigenvalue weighted by Gasteiger charge is 2.28. The Morgan fingerprint density at radius 2 is 1.53 bits per heavy atom. The Morgan fingerprint density at radius 1 is 0.902 bits per heavy atom. The third-order valence-electron chi connectivity index (χ3n) is 8.32. The van der Waals surface area contributed by atoms with Gasteiger partial charge in [0, 0.05) is 24.2 Å². The van der Waals surface area contributed by atoms with E-state index in [1.54, 1.807) is 6.08 Å². The largest absolute Gasteiger partial charge is 0.332 e. The molecule has 1 amide bonds. The van der Waals surface area contributed by atoms with Gasteiger partial charge in [-0.2, -0.15) is 5.26 Å². The summed E-state index contributed by atoms with van der Waals surface area (Å²) in [5, 5.41) is 10.2. The van der Waals surface area contributed by atoms with Gasteiger partial charge in [0.05, 0.1) is 29.7 Å². The summed E-state index contributed by atoms with van der Waals surface area (Å²) in [6.45, 7) is 24.6. The fourth-order valence-corrected chi connectivity index (χ4v) is 5.34. The van der Waals surface area contributed by atoms with Crippen LogP contribution in [0, 0.1) is 18.3 Å². The fraction of sp³-hybridized carbons (Fsp3) is 0.378. The van der Waals surface area contributed by atoms with Gasteiger partial charge in [-0.05, 0) is 108 Å². The van der Waals surface area contributed by atoms with E-state index in [4.69, 9.17) is 5.26 Å². The number of nitriles is 1. The van der Waals surface area contributed by atoms with Crippen LogP contribution >= 0.6 is 0 Å². The van der Waals surface area contributed by atoms with Crippen molar-refractivity contribution in [2.75, 3.05) is 20.1 Å². The highest BCUT2D eigenvalue weighted by atomic mass is 16.2. The van der Waals surface area contributed by atoms with Gasteiger partial charge in [0.25, 0.3) is 0 Å². The summed E-state index contributed by atoms with van der Waals surface area (Å²) in [5.41, 5.74) is 7.91. The Labute approximate surface area is 308 Å². The summed E-state index contributed by atoms with van der Waals surface area (Å²) in [7, 11) is 1.92. The first-order chi connectivity index (χ1) is 24.3. The smallest absolute Gasteiger partial charge is 0.237 e. The number of hydrogen-bond acceptors (Lipinski definition) is 5. The molecule has 0 spiro atoms. The van der Waals surface area contributed by atoms with Crippen LogP contribution in [0.2, 0.25) is 0 Å². The quantitative estimate of drug-likeness (QED) is 0.139. The van der Waals surface area contributed by atoms with Crippen LogP contribution in [0.4, 0.5) is 0 Å². The molecule has 2 atom stereocenters. The Morgan fingerprint density at radius 3 is 2.02 bits per heavy atom. The molecule has 3 aromatic carbocycles. The van der Waals surface area contributed by atoms with Gasteiger partial charge in [0.1, 0.15) is 5.78 Å². The van der Waals surface area contributed by atoms with E-state index in [1.165, 1.54) is 35.9 Å². The van der Waals surface area contributed by atoms with Gasteiger partial charge >= 0.3 is 0 Å². The molecular weight excluding hydrogens is 629 g/mol. The van der Waals surface area contributed by atoms with Crippen molar-refractivity contribution in [1.29, 1.82) is 5.26 Å². The zero-order chi connectivity index (χ0) is 38.3. The van der Waals surface area contributed by atoms with E-state index in [-0.39, 0.29) is 23.8 Å². The van der Waals surface area contributed by atoms with Crippen molar-refractivity contribution < 1.29 is 9.59 Å². The van der Waals surface area contributed by atoms with Gasteiger partial charge in [-0.15, -0.1) is 6.58 Å². The van der Waals surface area contributed by atoms with Crippen LogP contribution in [0.1, 0.15) is 82.7 Å². The number of rotatable bonds is 12. The van der Waals surface area contributed by atoms with Gasteiger partial charge in [-0.3, -0.25) is 14.7 Å². The molecule has 51 heavy (non-hydrogen) atoms. The number of ketones is 1. The van der Waals surface area contributed by atoms with Crippen molar-refractivity contribution >= 4 is 22.6 Å². The Hall–Kier alpha value is -4.86. The average Bonchev–Trinajstić information content (AvgIpc) is 3.12. The second-order valence-electron chi connectivity index (χ2n) is 13.0. The van der Waals surface area contributed by atoms with Crippen molar-refractivity contribution in [3.05, 3.63) is 138 Å². The number of carbonyl (C=O) groups is 2. The number of aryl methyl sites for hydroxylation is 3. The summed E-state index contributed by atoms with van der Waals surface area (Å²) < 4.78 is 0. The molecule has 0 fully saturated rings. The van der Waals surface area contributed by atoms with Crippen LogP contribution in [-0.2, 0) is 28.9 Å². The molecule has 4 rings (SSSR count). The van der Waals surface area contributed by atoms with Crippen LogP contribution in [0.15, 0.2) is 110 Å². The standard InChI is InChI=1S/C22H31N3O.C12H13N.C8H10.C3H6O/c1-7-13-24(6)16-22(26)25(18(5)8-2)21(17(3)4)14-19-9-11-20(15-23)12-10-19;1-3-10-7-6-9(2)11-5-4-8-13-12(10)11;1-2-8-6-4-3-5-7-8;1-3(2)4/h7,9-12,18,21H,1,3,8,13-14,16H2,2,4-6H3;4-8H,3H2,1-2H3;3-7H,2H2,1H3;1-2H3/t18?,21-;;;/m0.../s1. The number of nitrogens with zero attached hydrogens (tertiary/aromatic N) is 4. The van der Waals surface area contributed by atoms with Crippen molar-refractivity contribution in [3.63, 3.8) is 0 Å². The van der Waals surface area contributed by atoms with Crippen LogP contribution in [0.3, 0.4) is 0 Å². The highest BCUT2D eigenvalue weighted by Crippen LogP contribution is 2.21. The summed E-state index contributed by atoms with van der Waals surface area (Å²) in [5.74, 6) is 0.269. The molecule has 0 radical (unpaired) electrons. The zero-order valence-corrected chi connectivity index (χ0v) is 32.6. The molecule has 6 heteroatoms. The number of amides is 1. The fourth-order valence-electron chi connectivity index (χ4n) is 5.34. The first-order valence-electron chi connectivity index (χ1n) is 17.9. The van der Waals surface area contributed by atoms with Crippen molar-refractivity contribution in [2.45, 2.75) is 93.2 Å². The molecule has 0 saturated carbocycles. The van der Waals surface area contributed by atoms with Crippen LogP contribution in [-0.4, -0.2) is 58.7 Å². The van der Waals surface area contributed by atoms with E-state index >= 15 is 0 Å². The Balaban J connectivity index is 0.000000423. The van der Waals surface area contributed by atoms with Gasteiger partial charge in [0.15, 0.2) is 0 Å². The molecule has 0 bridgehead atoms. The highest BCUT2D eigenvalue weighted by molar-refractivity contribution is 5.84. The van der Waals surface area contributed by atoms with E-state index in [1.807, 2.05) is 66.4 Å². The molecule has 4 aromatic rings. The lowest BCUT2D eigenvalue weighted by atomic mass is 9.96. The Kier molecular flexibility index (Phi) is 21.1. The van der Waals surface area contributed by atoms with E-state index in [9.17, 15) is 9.59 Å². The third kappa shape index (κ3) is 16.1. The van der Waals surface area contributed by atoms with Gasteiger partial charge < -0.3 is 9.69 Å². The van der Waals surface area contributed by atoms with E-state index in [2.05, 4.69) is 101 Å². The molecule has 0 saturated heterocycles. The number of Topliss-reactive ketones (excluding diaryl/α,β-unsaturated/α-hetero) is 1. The number of aromatic nitrogens is 1. The number of carbonyl (C=O) groups excluding carboxylic acids is 2. The molecule has 0 N–H and O–H groups in total. The molecule has 272 valence electrons. The Bertz CT molecular complexity index is 1690. The second kappa shape index (κ2) is 24.3. The monoisotopic (exact) mass is 688 g/mol. The zero-order valence-electron chi connectivity index (χ0n) is 32.6. The van der Waals surface area contributed by atoms with Gasteiger partial charge in [0.2, 0.25) is 5.91 Å². The minimum Gasteiger partial charge on any atom is -0.332 e. The summed E-state index contributed by atoms with van der Waals surface area (Å²) in [6, 6.07) is 28.7. The predicted octanol–water partition coefficient (Wildman–Crippen LogP) is 9.74. The SMILES string of the molecule is C=CCN(C)CC(=O)N(C(C)CC)[C@@H](Cc1ccc(C#N)cc1)C(=C)C.CC(C)=O.CCc1ccc(C)c2cccnc12.CCc1ccccc1. The maximum atomic E-state index is 13.0. The van der Waals surface area contributed by atoms with E-state index in [0.29, 0.717) is 25.1 Å². The summed E-state index contributed by atoms with van der Waals surface area (Å²) in [4.78, 5) is 30.8. The van der Waals surface area contributed by atoms with E-state index < -0.39 is 0 Å². The molecule has 0 aliphatic rings. The van der Waals surface area contributed by atoms with Gasteiger partial charge in [-0.1, -0.05) is 99.7 Å². The second-order valence-corrected chi connectivity index (χ2v) is 13.0. The number of pyridine rings is 1. The minimum atomic E-state index is -0.0671. The van der Waals surface area contributed by atoms with Crippen molar-refractivity contribution in [1.82, 2.24) is 14.8 Å². The normalized spacial score (nSPS) is 11.2. The molecule has 6 nitrogen and oxygen atoms in total. The average molecular weight is 689 g/mol. The third-order valence-corrected chi connectivity index (χ3v) is 8.32. The van der Waals surface area contributed by atoms with E-state index in [0.717, 1.165) is 35.9 Å². The number of hydrogen-bond donors (Lipinski definition) is 0. The minimum absolute atomic E-state index is 0.0671. The van der Waals surface area contributed by atoms with Gasteiger partial charge in [-0.25, -0.2) is 0 Å².